The molecule has 0 radical (unpaired) electrons. The van der Waals surface area contributed by atoms with Gasteiger partial charge in [-0.05, 0) is 66.8 Å². The first-order chi connectivity index (χ1) is 15.5. The van der Waals surface area contributed by atoms with Crippen molar-refractivity contribution in [2.24, 2.45) is 0 Å². The molecule has 0 unspecified atom stereocenters. The molecule has 2 N–H and O–H groups in total. The fourth-order valence-corrected chi connectivity index (χ4v) is 4.22. The number of H-pyrrole nitrogens is 1. The number of pyridine rings is 1. The van der Waals surface area contributed by atoms with Gasteiger partial charge in [-0.2, -0.15) is 0 Å². The molecule has 1 aromatic heterocycles. The molecule has 0 spiro atoms. The van der Waals surface area contributed by atoms with Crippen LogP contribution in [0.15, 0.2) is 53.3 Å². The summed E-state index contributed by atoms with van der Waals surface area (Å²) in [5.41, 5.74) is 4.73. The van der Waals surface area contributed by atoms with Gasteiger partial charge in [-0.1, -0.05) is 24.3 Å². The molecule has 3 aromatic rings. The Morgan fingerprint density at radius 2 is 1.91 bits per heavy atom. The number of hydrogen-bond acceptors (Lipinski definition) is 4. The molecule has 0 aliphatic carbocycles. The third-order valence-corrected chi connectivity index (χ3v) is 6.15. The van der Waals surface area contributed by atoms with E-state index in [1.165, 1.54) is 5.56 Å². The number of anilines is 1. The predicted octanol–water partition coefficient (Wildman–Crippen LogP) is 3.68. The summed E-state index contributed by atoms with van der Waals surface area (Å²) in [6, 6.07) is 16.2. The van der Waals surface area contributed by atoms with Crippen molar-refractivity contribution in [2.75, 3.05) is 44.7 Å². The summed E-state index contributed by atoms with van der Waals surface area (Å²) in [6.07, 6.45) is 0. The number of benzene rings is 2. The van der Waals surface area contributed by atoms with Crippen molar-refractivity contribution in [2.45, 2.75) is 20.4 Å². The van der Waals surface area contributed by atoms with E-state index in [9.17, 15) is 4.79 Å². The average Bonchev–Trinajstić information content (AvgIpc) is 2.77. The molecule has 1 aliphatic rings. The highest BCUT2D eigenvalue weighted by atomic mass is 32.1. The molecule has 32 heavy (non-hydrogen) atoms. The molecule has 2 heterocycles. The average molecular weight is 451 g/mol. The van der Waals surface area contributed by atoms with E-state index >= 15 is 0 Å². The number of ether oxygens (including phenoxy) is 1. The van der Waals surface area contributed by atoms with E-state index in [-0.39, 0.29) is 5.56 Å². The molecular formula is C25H30N4O2S. The van der Waals surface area contributed by atoms with Crippen LogP contribution < -0.4 is 10.9 Å². The second-order valence-electron chi connectivity index (χ2n) is 8.39. The Hall–Kier alpha value is -2.74. The van der Waals surface area contributed by atoms with Crippen LogP contribution in [0.5, 0.6) is 0 Å². The van der Waals surface area contributed by atoms with E-state index in [0.29, 0.717) is 17.2 Å². The van der Waals surface area contributed by atoms with Crippen LogP contribution in [0, 0.1) is 13.8 Å². The summed E-state index contributed by atoms with van der Waals surface area (Å²) < 4.78 is 5.47. The summed E-state index contributed by atoms with van der Waals surface area (Å²) >= 11 is 5.78. The molecule has 7 heteroatoms. The fourth-order valence-electron chi connectivity index (χ4n) is 3.95. The molecule has 168 valence electrons. The first-order valence-electron chi connectivity index (χ1n) is 11.0. The van der Waals surface area contributed by atoms with Crippen molar-refractivity contribution in [3.63, 3.8) is 0 Å². The topological polar surface area (TPSA) is 60.6 Å². The maximum absolute atomic E-state index is 12.8. The highest BCUT2D eigenvalue weighted by molar-refractivity contribution is 7.80. The highest BCUT2D eigenvalue weighted by Gasteiger charge is 2.17. The Morgan fingerprint density at radius 1 is 1.12 bits per heavy atom. The number of hydrogen-bond donors (Lipinski definition) is 2. The van der Waals surface area contributed by atoms with Crippen LogP contribution in [-0.2, 0) is 11.3 Å². The van der Waals surface area contributed by atoms with Gasteiger partial charge in [0.15, 0.2) is 5.11 Å². The second kappa shape index (κ2) is 10.3. The minimum absolute atomic E-state index is 0.0715. The van der Waals surface area contributed by atoms with Gasteiger partial charge in [0.25, 0.3) is 5.56 Å². The second-order valence-corrected chi connectivity index (χ2v) is 8.78. The quantitative estimate of drug-likeness (QED) is 0.559. The number of nitrogens with zero attached hydrogens (tertiary/aromatic N) is 2. The molecule has 0 amide bonds. The molecule has 0 saturated carbocycles. The summed E-state index contributed by atoms with van der Waals surface area (Å²) in [5.74, 6) is 0. The molecule has 1 aliphatic heterocycles. The zero-order valence-corrected chi connectivity index (χ0v) is 19.5. The smallest absolute Gasteiger partial charge is 0.253 e. The van der Waals surface area contributed by atoms with Crippen LogP contribution in [0.3, 0.4) is 0 Å². The van der Waals surface area contributed by atoms with E-state index in [1.807, 2.05) is 37.3 Å². The first-order valence-corrected chi connectivity index (χ1v) is 11.4. The lowest BCUT2D eigenvalue weighted by Crippen LogP contribution is -2.44. The Labute approximate surface area is 194 Å². The number of aromatic amines is 1. The minimum Gasteiger partial charge on any atom is -0.379 e. The number of thiocarbonyl (C=S) groups is 1. The van der Waals surface area contributed by atoms with Crippen molar-refractivity contribution >= 4 is 33.9 Å². The summed E-state index contributed by atoms with van der Waals surface area (Å²) in [7, 11) is 0. The number of nitrogens with one attached hydrogen (secondary N) is 2. The predicted molar refractivity (Wildman–Crippen MR) is 134 cm³/mol. The summed E-state index contributed by atoms with van der Waals surface area (Å²) in [4.78, 5) is 20.3. The first kappa shape index (κ1) is 22.5. The molecule has 0 bridgehead atoms. The molecule has 1 fully saturated rings. The van der Waals surface area contributed by atoms with Gasteiger partial charge in [0, 0.05) is 42.9 Å². The largest absolute Gasteiger partial charge is 0.379 e. The third-order valence-electron chi connectivity index (χ3n) is 5.79. The molecule has 0 atom stereocenters. The number of aryl methyl sites for hydroxylation is 2. The number of fused-ring (bicyclic) bond motifs is 1. The molecule has 1 saturated heterocycles. The lowest BCUT2D eigenvalue weighted by Gasteiger charge is -2.31. The standard InChI is InChI=1S/C25H30N4O2S/c1-18-4-3-5-22(14-18)26-25(32)29(9-8-28-10-12-31-13-11-28)17-21-16-20-7-6-19(2)15-23(20)27-24(21)30/h3-7,14-16H,8-13,17H2,1-2H3,(H,26,32)(H,27,30). The highest BCUT2D eigenvalue weighted by Crippen LogP contribution is 2.16. The number of morpholine rings is 1. The van der Waals surface area contributed by atoms with Crippen LogP contribution in [0.25, 0.3) is 10.9 Å². The Morgan fingerprint density at radius 3 is 2.69 bits per heavy atom. The van der Waals surface area contributed by atoms with E-state index in [4.69, 9.17) is 17.0 Å². The van der Waals surface area contributed by atoms with Gasteiger partial charge in [0.1, 0.15) is 0 Å². The molecule has 6 nitrogen and oxygen atoms in total. The molecular weight excluding hydrogens is 420 g/mol. The third kappa shape index (κ3) is 5.73. The van der Waals surface area contributed by atoms with Crippen LogP contribution in [0.4, 0.5) is 5.69 Å². The Balaban J connectivity index is 1.55. The fraction of sp³-hybridized carbons (Fsp3) is 0.360. The van der Waals surface area contributed by atoms with Gasteiger partial charge < -0.3 is 19.9 Å². The normalized spacial score (nSPS) is 14.4. The van der Waals surface area contributed by atoms with Crippen LogP contribution in [0.2, 0.25) is 0 Å². The van der Waals surface area contributed by atoms with Crippen LogP contribution in [0.1, 0.15) is 16.7 Å². The lowest BCUT2D eigenvalue weighted by atomic mass is 10.1. The van der Waals surface area contributed by atoms with Gasteiger partial charge >= 0.3 is 0 Å². The van der Waals surface area contributed by atoms with Crippen molar-refractivity contribution in [1.29, 1.82) is 0 Å². The van der Waals surface area contributed by atoms with Crippen molar-refractivity contribution in [3.05, 3.63) is 75.6 Å². The summed E-state index contributed by atoms with van der Waals surface area (Å²) in [5, 5.41) is 5.00. The monoisotopic (exact) mass is 450 g/mol. The van der Waals surface area contributed by atoms with Gasteiger partial charge in [0.05, 0.1) is 19.8 Å². The van der Waals surface area contributed by atoms with E-state index < -0.39 is 0 Å². The van der Waals surface area contributed by atoms with Crippen molar-refractivity contribution in [3.8, 4) is 0 Å². The summed E-state index contributed by atoms with van der Waals surface area (Å²) in [6.45, 7) is 9.47. The van der Waals surface area contributed by atoms with Gasteiger partial charge in [-0.15, -0.1) is 0 Å². The minimum atomic E-state index is -0.0715. The van der Waals surface area contributed by atoms with Gasteiger partial charge in [-0.25, -0.2) is 0 Å². The van der Waals surface area contributed by atoms with Crippen LogP contribution >= 0.6 is 12.2 Å². The van der Waals surface area contributed by atoms with Crippen LogP contribution in [-0.4, -0.2) is 59.3 Å². The maximum atomic E-state index is 12.8. The molecule has 2 aromatic carbocycles. The Bertz CT molecular complexity index is 1150. The zero-order chi connectivity index (χ0) is 22.5. The SMILES string of the molecule is Cc1cccc(NC(=S)N(CCN2CCOCC2)Cc2cc3ccc(C)cc3[nH]c2=O)c1. The van der Waals surface area contributed by atoms with Crippen molar-refractivity contribution < 1.29 is 4.74 Å². The maximum Gasteiger partial charge on any atom is 0.253 e. The number of rotatable bonds is 6. The van der Waals surface area contributed by atoms with Gasteiger partial charge in [0.2, 0.25) is 0 Å². The van der Waals surface area contributed by atoms with Gasteiger partial charge in [-0.3, -0.25) is 9.69 Å². The Kier molecular flexibility index (Phi) is 7.19. The van der Waals surface area contributed by atoms with E-state index in [1.54, 1.807) is 0 Å². The van der Waals surface area contributed by atoms with E-state index in [2.05, 4.69) is 45.2 Å². The molecule has 4 rings (SSSR count). The number of aromatic nitrogens is 1. The zero-order valence-electron chi connectivity index (χ0n) is 18.7. The van der Waals surface area contributed by atoms with Crippen molar-refractivity contribution in [1.82, 2.24) is 14.8 Å². The van der Waals surface area contributed by atoms with E-state index in [0.717, 1.165) is 61.5 Å². The lowest BCUT2D eigenvalue weighted by molar-refractivity contribution is 0.0358.